The molecule has 1 amide bonds. The van der Waals surface area contributed by atoms with Gasteiger partial charge in [0.1, 0.15) is 6.61 Å². The van der Waals surface area contributed by atoms with Gasteiger partial charge in [-0.15, -0.1) is 11.6 Å². The van der Waals surface area contributed by atoms with Crippen molar-refractivity contribution in [1.82, 2.24) is 4.90 Å². The number of rotatable bonds is 4. The molecule has 1 fully saturated rings. The monoisotopic (exact) mass is 281 g/mol. The maximum Gasteiger partial charge on any atom is 0.410 e. The number of hydrogen-bond donors (Lipinski definition) is 0. The third-order valence-electron chi connectivity index (χ3n) is 3.20. The summed E-state index contributed by atoms with van der Waals surface area (Å²) >= 11 is 5.55. The van der Waals surface area contributed by atoms with Gasteiger partial charge in [0.15, 0.2) is 5.78 Å². The average Bonchev–Trinajstić information content (AvgIpc) is 2.94. The van der Waals surface area contributed by atoms with Crippen LogP contribution in [0.5, 0.6) is 0 Å². The standard InChI is InChI=1S/C14H16ClNO3/c15-9-13(17)12-7-4-8-16(12)14(18)19-10-11-5-2-1-3-6-11/h1-3,5-6,12H,4,7-10H2. The number of Topliss-reactive ketones (excluding diaryl/α,β-unsaturated/α-hetero) is 1. The minimum Gasteiger partial charge on any atom is -0.445 e. The summed E-state index contributed by atoms with van der Waals surface area (Å²) in [6.45, 7) is 0.777. The molecule has 0 N–H and O–H groups in total. The molecular formula is C14H16ClNO3. The van der Waals surface area contributed by atoms with E-state index in [1.165, 1.54) is 4.90 Å². The second-order valence-electron chi connectivity index (χ2n) is 4.49. The fourth-order valence-corrected chi connectivity index (χ4v) is 2.39. The lowest BCUT2D eigenvalue weighted by Gasteiger charge is -2.22. The molecule has 1 aliphatic heterocycles. The van der Waals surface area contributed by atoms with Crippen LogP contribution < -0.4 is 0 Å². The Morgan fingerprint density at radius 2 is 2.05 bits per heavy atom. The Morgan fingerprint density at radius 1 is 1.32 bits per heavy atom. The third-order valence-corrected chi connectivity index (χ3v) is 3.46. The van der Waals surface area contributed by atoms with Gasteiger partial charge in [-0.05, 0) is 18.4 Å². The van der Waals surface area contributed by atoms with Gasteiger partial charge in [0.2, 0.25) is 0 Å². The lowest BCUT2D eigenvalue weighted by Crippen LogP contribution is -2.41. The van der Waals surface area contributed by atoms with Gasteiger partial charge in [-0.3, -0.25) is 9.69 Å². The molecule has 1 heterocycles. The van der Waals surface area contributed by atoms with Crippen LogP contribution in [-0.4, -0.2) is 35.2 Å². The molecule has 19 heavy (non-hydrogen) atoms. The Hall–Kier alpha value is -1.55. The fraction of sp³-hybridized carbons (Fsp3) is 0.429. The van der Waals surface area contributed by atoms with Crippen molar-refractivity contribution in [3.63, 3.8) is 0 Å². The van der Waals surface area contributed by atoms with E-state index in [9.17, 15) is 9.59 Å². The van der Waals surface area contributed by atoms with Crippen LogP contribution in [0.1, 0.15) is 18.4 Å². The summed E-state index contributed by atoms with van der Waals surface area (Å²) in [5, 5.41) is 0. The Labute approximate surface area is 117 Å². The highest BCUT2D eigenvalue weighted by molar-refractivity contribution is 6.28. The van der Waals surface area contributed by atoms with Crippen LogP contribution in [-0.2, 0) is 16.1 Å². The van der Waals surface area contributed by atoms with E-state index in [0.717, 1.165) is 12.0 Å². The largest absolute Gasteiger partial charge is 0.445 e. The SMILES string of the molecule is O=C(CCl)C1CCCN1C(=O)OCc1ccccc1. The lowest BCUT2D eigenvalue weighted by molar-refractivity contribution is -0.120. The first-order valence-electron chi connectivity index (χ1n) is 6.28. The van der Waals surface area contributed by atoms with Crippen molar-refractivity contribution in [1.29, 1.82) is 0 Å². The molecule has 1 aliphatic rings. The molecule has 1 saturated heterocycles. The summed E-state index contributed by atoms with van der Waals surface area (Å²) in [6.07, 6.45) is 1.05. The molecule has 0 aromatic heterocycles. The third kappa shape index (κ3) is 3.47. The van der Waals surface area contributed by atoms with Gasteiger partial charge in [-0.2, -0.15) is 0 Å². The van der Waals surface area contributed by atoms with E-state index in [0.29, 0.717) is 13.0 Å². The number of carbonyl (C=O) groups is 2. The number of ketones is 1. The van der Waals surface area contributed by atoms with Crippen molar-refractivity contribution in [2.75, 3.05) is 12.4 Å². The lowest BCUT2D eigenvalue weighted by atomic mass is 10.1. The first-order valence-corrected chi connectivity index (χ1v) is 6.82. The van der Waals surface area contributed by atoms with E-state index in [-0.39, 0.29) is 18.3 Å². The van der Waals surface area contributed by atoms with Crippen molar-refractivity contribution in [2.45, 2.75) is 25.5 Å². The van der Waals surface area contributed by atoms with E-state index >= 15 is 0 Å². The predicted molar refractivity (Wildman–Crippen MR) is 72.1 cm³/mol. The number of nitrogens with zero attached hydrogens (tertiary/aromatic N) is 1. The van der Waals surface area contributed by atoms with Crippen molar-refractivity contribution < 1.29 is 14.3 Å². The van der Waals surface area contributed by atoms with Gasteiger partial charge in [-0.1, -0.05) is 30.3 Å². The minimum atomic E-state index is -0.440. The Bertz CT molecular complexity index is 449. The zero-order valence-corrected chi connectivity index (χ0v) is 11.3. The maximum absolute atomic E-state index is 12.0. The number of carbonyl (C=O) groups excluding carboxylic acids is 2. The summed E-state index contributed by atoms with van der Waals surface area (Å²) in [4.78, 5) is 25.1. The van der Waals surface area contributed by atoms with Gasteiger partial charge in [0.05, 0.1) is 11.9 Å². The fourth-order valence-electron chi connectivity index (χ4n) is 2.21. The first kappa shape index (κ1) is 13.9. The number of benzene rings is 1. The van der Waals surface area contributed by atoms with Gasteiger partial charge < -0.3 is 4.74 Å². The Kier molecular flexibility index (Phi) is 4.80. The van der Waals surface area contributed by atoms with E-state index in [1.54, 1.807) is 0 Å². The number of alkyl halides is 1. The molecule has 1 unspecified atom stereocenters. The predicted octanol–water partition coefficient (Wildman–Crippen LogP) is 2.60. The second-order valence-corrected chi connectivity index (χ2v) is 4.76. The maximum atomic E-state index is 12.0. The molecule has 5 heteroatoms. The van der Waals surface area contributed by atoms with Crippen molar-refractivity contribution in [3.8, 4) is 0 Å². The topological polar surface area (TPSA) is 46.6 Å². The van der Waals surface area contributed by atoms with E-state index in [1.807, 2.05) is 30.3 Å². The molecule has 1 aromatic carbocycles. The molecule has 0 saturated carbocycles. The van der Waals surface area contributed by atoms with Crippen LogP contribution in [0.25, 0.3) is 0 Å². The van der Waals surface area contributed by atoms with Crippen molar-refractivity contribution in [3.05, 3.63) is 35.9 Å². The zero-order chi connectivity index (χ0) is 13.7. The normalized spacial score (nSPS) is 18.4. The molecule has 0 spiro atoms. The highest BCUT2D eigenvalue weighted by Crippen LogP contribution is 2.20. The highest BCUT2D eigenvalue weighted by Gasteiger charge is 2.34. The van der Waals surface area contributed by atoms with Gasteiger partial charge in [0, 0.05) is 6.54 Å². The van der Waals surface area contributed by atoms with Crippen molar-refractivity contribution >= 4 is 23.5 Å². The van der Waals surface area contributed by atoms with Gasteiger partial charge >= 0.3 is 6.09 Å². The molecule has 2 rings (SSSR count). The highest BCUT2D eigenvalue weighted by atomic mass is 35.5. The first-order chi connectivity index (χ1) is 9.22. The summed E-state index contributed by atoms with van der Waals surface area (Å²) in [5.74, 6) is -0.177. The summed E-state index contributed by atoms with van der Waals surface area (Å²) in [6, 6.07) is 9.04. The Morgan fingerprint density at radius 3 is 2.74 bits per heavy atom. The molecule has 102 valence electrons. The zero-order valence-electron chi connectivity index (χ0n) is 10.5. The quantitative estimate of drug-likeness (QED) is 0.797. The summed E-state index contributed by atoms with van der Waals surface area (Å²) in [5.41, 5.74) is 0.926. The van der Waals surface area contributed by atoms with Crippen LogP contribution in [0.3, 0.4) is 0 Å². The van der Waals surface area contributed by atoms with Crippen molar-refractivity contribution in [2.24, 2.45) is 0 Å². The minimum absolute atomic E-state index is 0.0624. The second kappa shape index (κ2) is 6.57. The van der Waals surface area contributed by atoms with Gasteiger partial charge in [-0.25, -0.2) is 4.79 Å². The van der Waals surface area contributed by atoms with E-state index in [2.05, 4.69) is 0 Å². The summed E-state index contributed by atoms with van der Waals surface area (Å²) in [7, 11) is 0. The molecular weight excluding hydrogens is 266 g/mol. The van der Waals surface area contributed by atoms with Crippen LogP contribution in [0.2, 0.25) is 0 Å². The molecule has 0 radical (unpaired) electrons. The molecule has 0 aliphatic carbocycles. The smallest absolute Gasteiger partial charge is 0.410 e. The number of hydrogen-bond acceptors (Lipinski definition) is 3. The Balaban J connectivity index is 1.90. The van der Waals surface area contributed by atoms with Crippen LogP contribution in [0.4, 0.5) is 4.79 Å². The number of likely N-dealkylation sites (tertiary alicyclic amines) is 1. The summed E-state index contributed by atoms with van der Waals surface area (Å²) < 4.78 is 5.23. The van der Waals surface area contributed by atoms with Crippen LogP contribution >= 0.6 is 11.6 Å². The molecule has 4 nitrogen and oxygen atoms in total. The number of halogens is 1. The van der Waals surface area contributed by atoms with Crippen LogP contribution in [0.15, 0.2) is 30.3 Å². The van der Waals surface area contributed by atoms with Crippen LogP contribution in [0, 0.1) is 0 Å². The van der Waals surface area contributed by atoms with E-state index < -0.39 is 12.1 Å². The number of ether oxygens (including phenoxy) is 1. The molecule has 1 atom stereocenters. The number of amides is 1. The average molecular weight is 282 g/mol. The molecule has 1 aromatic rings. The van der Waals surface area contributed by atoms with E-state index in [4.69, 9.17) is 16.3 Å². The van der Waals surface area contributed by atoms with Gasteiger partial charge in [0.25, 0.3) is 0 Å². The molecule has 0 bridgehead atoms.